The van der Waals surface area contributed by atoms with Crippen molar-refractivity contribution in [1.29, 1.82) is 0 Å². The molecule has 1 fully saturated rings. The maximum atomic E-state index is 5.57. The lowest BCUT2D eigenvalue weighted by atomic mass is 10.0. The lowest BCUT2D eigenvalue weighted by Gasteiger charge is -2.31. The largest absolute Gasteiger partial charge is 0.496 e. The Hall–Kier alpha value is -2.00. The third-order valence-electron chi connectivity index (χ3n) is 3.64. The van der Waals surface area contributed by atoms with Crippen LogP contribution in [0.1, 0.15) is 0 Å². The van der Waals surface area contributed by atoms with Gasteiger partial charge in [-0.15, -0.1) is 0 Å². The van der Waals surface area contributed by atoms with Gasteiger partial charge in [0.2, 0.25) is 0 Å². The smallest absolute Gasteiger partial charge is 0.128 e. The van der Waals surface area contributed by atoms with Gasteiger partial charge in [-0.05, 0) is 17.7 Å². The molecule has 20 heavy (non-hydrogen) atoms. The van der Waals surface area contributed by atoms with Crippen molar-refractivity contribution in [3.05, 3.63) is 48.5 Å². The van der Waals surface area contributed by atoms with E-state index in [1.165, 1.54) is 11.3 Å². The molecule has 0 amide bonds. The molecule has 0 unspecified atom stereocenters. The molecule has 2 aromatic rings. The lowest BCUT2D eigenvalue weighted by molar-refractivity contribution is 0.122. The molecule has 3 rings (SSSR count). The summed E-state index contributed by atoms with van der Waals surface area (Å²) in [4.78, 5) is 2.37. The topological polar surface area (TPSA) is 21.7 Å². The highest BCUT2D eigenvalue weighted by Gasteiger charge is 2.18. The SMILES string of the molecule is COc1cccc(N2CCOCC2)c1-c1ccccc1. The van der Waals surface area contributed by atoms with Crippen LogP contribution in [0, 0.1) is 0 Å². The van der Waals surface area contributed by atoms with Crippen LogP contribution < -0.4 is 9.64 Å². The Balaban J connectivity index is 2.09. The number of nitrogens with zero attached hydrogens (tertiary/aromatic N) is 1. The Morgan fingerprint density at radius 3 is 2.40 bits per heavy atom. The number of ether oxygens (including phenoxy) is 2. The Morgan fingerprint density at radius 2 is 1.70 bits per heavy atom. The zero-order valence-corrected chi connectivity index (χ0v) is 11.7. The molecule has 0 aliphatic carbocycles. The molecule has 3 heteroatoms. The monoisotopic (exact) mass is 269 g/mol. The summed E-state index contributed by atoms with van der Waals surface area (Å²) in [5, 5.41) is 0. The first-order chi connectivity index (χ1) is 9.90. The van der Waals surface area contributed by atoms with Crippen LogP contribution >= 0.6 is 0 Å². The number of benzene rings is 2. The quantitative estimate of drug-likeness (QED) is 0.854. The van der Waals surface area contributed by atoms with Crippen molar-refractivity contribution in [2.24, 2.45) is 0 Å². The van der Waals surface area contributed by atoms with Crippen molar-refractivity contribution < 1.29 is 9.47 Å². The Morgan fingerprint density at radius 1 is 0.950 bits per heavy atom. The van der Waals surface area contributed by atoms with Crippen LogP contribution in [0.5, 0.6) is 5.75 Å². The van der Waals surface area contributed by atoms with Gasteiger partial charge in [0.1, 0.15) is 5.75 Å². The van der Waals surface area contributed by atoms with Crippen LogP contribution in [-0.2, 0) is 4.74 Å². The standard InChI is InChI=1S/C17H19NO2/c1-19-16-9-5-8-15(18-10-12-20-13-11-18)17(16)14-6-3-2-4-7-14/h2-9H,10-13H2,1H3. The van der Waals surface area contributed by atoms with Gasteiger partial charge in [0.05, 0.1) is 20.3 Å². The summed E-state index contributed by atoms with van der Waals surface area (Å²) in [6.45, 7) is 3.41. The highest BCUT2D eigenvalue weighted by Crippen LogP contribution is 2.38. The molecule has 0 bridgehead atoms. The first-order valence-electron chi connectivity index (χ1n) is 6.95. The van der Waals surface area contributed by atoms with Crippen LogP contribution in [0.4, 0.5) is 5.69 Å². The number of morpholine rings is 1. The van der Waals surface area contributed by atoms with Gasteiger partial charge in [0, 0.05) is 24.3 Å². The van der Waals surface area contributed by atoms with Crippen LogP contribution in [0.25, 0.3) is 11.1 Å². The fourth-order valence-electron chi connectivity index (χ4n) is 2.65. The van der Waals surface area contributed by atoms with Crippen LogP contribution in [0.15, 0.2) is 48.5 Å². The molecule has 0 radical (unpaired) electrons. The van der Waals surface area contributed by atoms with Crippen LogP contribution in [-0.4, -0.2) is 33.4 Å². The van der Waals surface area contributed by atoms with E-state index >= 15 is 0 Å². The number of anilines is 1. The van der Waals surface area contributed by atoms with Gasteiger partial charge in [-0.1, -0.05) is 36.4 Å². The average Bonchev–Trinajstić information content (AvgIpc) is 2.55. The molecule has 0 saturated carbocycles. The molecule has 1 aliphatic rings. The summed E-state index contributed by atoms with van der Waals surface area (Å²) in [5.41, 5.74) is 3.57. The fraction of sp³-hybridized carbons (Fsp3) is 0.294. The Labute approximate surface area is 119 Å². The fourth-order valence-corrected chi connectivity index (χ4v) is 2.65. The Kier molecular flexibility index (Phi) is 3.88. The predicted molar refractivity (Wildman–Crippen MR) is 81.5 cm³/mol. The minimum absolute atomic E-state index is 0.783. The predicted octanol–water partition coefficient (Wildman–Crippen LogP) is 3.20. The summed E-state index contributed by atoms with van der Waals surface area (Å²) in [5.74, 6) is 0.917. The summed E-state index contributed by atoms with van der Waals surface area (Å²) >= 11 is 0. The zero-order chi connectivity index (χ0) is 13.8. The van der Waals surface area contributed by atoms with E-state index in [0.29, 0.717) is 0 Å². The lowest BCUT2D eigenvalue weighted by Crippen LogP contribution is -2.36. The minimum Gasteiger partial charge on any atom is -0.496 e. The van der Waals surface area contributed by atoms with Crippen molar-refractivity contribution in [2.45, 2.75) is 0 Å². The van der Waals surface area contributed by atoms with E-state index in [0.717, 1.165) is 37.6 Å². The maximum Gasteiger partial charge on any atom is 0.128 e. The molecular weight excluding hydrogens is 250 g/mol. The van der Waals surface area contributed by atoms with Gasteiger partial charge in [-0.2, -0.15) is 0 Å². The van der Waals surface area contributed by atoms with Gasteiger partial charge >= 0.3 is 0 Å². The van der Waals surface area contributed by atoms with Gasteiger partial charge in [-0.25, -0.2) is 0 Å². The number of methoxy groups -OCH3 is 1. The van der Waals surface area contributed by atoms with E-state index in [1.54, 1.807) is 7.11 Å². The summed E-state index contributed by atoms with van der Waals surface area (Å²) < 4.78 is 11.0. The Bertz CT molecular complexity index is 562. The molecular formula is C17H19NO2. The second kappa shape index (κ2) is 5.97. The van der Waals surface area contributed by atoms with Gasteiger partial charge in [-0.3, -0.25) is 0 Å². The minimum atomic E-state index is 0.783. The van der Waals surface area contributed by atoms with Crippen molar-refractivity contribution in [1.82, 2.24) is 0 Å². The zero-order valence-electron chi connectivity index (χ0n) is 11.7. The number of hydrogen-bond donors (Lipinski definition) is 0. The molecule has 1 saturated heterocycles. The molecule has 1 heterocycles. The molecule has 2 aromatic carbocycles. The second-order valence-electron chi connectivity index (χ2n) is 4.82. The number of rotatable bonds is 3. The molecule has 1 aliphatic heterocycles. The van der Waals surface area contributed by atoms with E-state index in [2.05, 4.69) is 41.3 Å². The molecule has 0 N–H and O–H groups in total. The normalized spacial score (nSPS) is 15.2. The van der Waals surface area contributed by atoms with Crippen LogP contribution in [0.2, 0.25) is 0 Å². The van der Waals surface area contributed by atoms with E-state index in [1.807, 2.05) is 12.1 Å². The van der Waals surface area contributed by atoms with Crippen LogP contribution in [0.3, 0.4) is 0 Å². The third kappa shape index (κ3) is 2.49. The first kappa shape index (κ1) is 13.0. The molecule has 0 spiro atoms. The van der Waals surface area contributed by atoms with Crippen molar-refractivity contribution in [2.75, 3.05) is 38.3 Å². The van der Waals surface area contributed by atoms with Crippen molar-refractivity contribution in [3.8, 4) is 16.9 Å². The van der Waals surface area contributed by atoms with Gasteiger partial charge < -0.3 is 14.4 Å². The molecule has 3 nitrogen and oxygen atoms in total. The second-order valence-corrected chi connectivity index (χ2v) is 4.82. The molecule has 104 valence electrons. The summed E-state index contributed by atoms with van der Waals surface area (Å²) in [6.07, 6.45) is 0. The molecule has 0 aromatic heterocycles. The number of hydrogen-bond acceptors (Lipinski definition) is 3. The molecule has 0 atom stereocenters. The van der Waals surface area contributed by atoms with E-state index < -0.39 is 0 Å². The van der Waals surface area contributed by atoms with E-state index in [4.69, 9.17) is 9.47 Å². The van der Waals surface area contributed by atoms with Crippen molar-refractivity contribution >= 4 is 5.69 Å². The van der Waals surface area contributed by atoms with Gasteiger partial charge in [0.25, 0.3) is 0 Å². The van der Waals surface area contributed by atoms with Gasteiger partial charge in [0.15, 0.2) is 0 Å². The maximum absolute atomic E-state index is 5.57. The van der Waals surface area contributed by atoms with E-state index in [-0.39, 0.29) is 0 Å². The average molecular weight is 269 g/mol. The highest BCUT2D eigenvalue weighted by molar-refractivity contribution is 5.84. The summed E-state index contributed by atoms with van der Waals surface area (Å²) in [7, 11) is 1.73. The van der Waals surface area contributed by atoms with Crippen molar-refractivity contribution in [3.63, 3.8) is 0 Å². The van der Waals surface area contributed by atoms with E-state index in [9.17, 15) is 0 Å². The third-order valence-corrected chi connectivity index (χ3v) is 3.64. The highest BCUT2D eigenvalue weighted by atomic mass is 16.5. The summed E-state index contributed by atoms with van der Waals surface area (Å²) in [6, 6.07) is 16.6. The first-order valence-corrected chi connectivity index (χ1v) is 6.95.